The average molecular weight is 550 g/mol. The van der Waals surface area contributed by atoms with Gasteiger partial charge in [-0.1, -0.05) is 17.7 Å². The van der Waals surface area contributed by atoms with Crippen LogP contribution in [-0.4, -0.2) is 63.7 Å². The minimum atomic E-state index is -0.845. The maximum Gasteiger partial charge on any atom is 0.228 e. The van der Waals surface area contributed by atoms with Crippen molar-refractivity contribution in [1.82, 2.24) is 25.1 Å². The number of benzene rings is 1. The number of nitrogens with zero attached hydrogens (tertiary/aromatic N) is 3. The van der Waals surface area contributed by atoms with E-state index < -0.39 is 17.4 Å². The molecule has 9 heteroatoms. The van der Waals surface area contributed by atoms with Gasteiger partial charge >= 0.3 is 0 Å². The van der Waals surface area contributed by atoms with E-state index in [-0.39, 0.29) is 24.1 Å². The molecule has 206 valence electrons. The number of aromatic amines is 1. The molecule has 4 heterocycles. The summed E-state index contributed by atoms with van der Waals surface area (Å²) in [4.78, 5) is 52.4. The molecule has 0 saturated carbocycles. The molecule has 2 aliphatic heterocycles. The molecule has 8 nitrogen and oxygen atoms in total. The first-order valence-electron chi connectivity index (χ1n) is 13.8. The molecule has 3 aromatic rings. The molecular formula is C30H36ClN5O3. The zero-order valence-electron chi connectivity index (χ0n) is 22.8. The van der Waals surface area contributed by atoms with Crippen LogP contribution in [0.15, 0.2) is 42.6 Å². The number of nitrogens with one attached hydrogen (secondary N) is 2. The lowest BCUT2D eigenvalue weighted by Crippen LogP contribution is -2.64. The van der Waals surface area contributed by atoms with Gasteiger partial charge in [0.2, 0.25) is 17.7 Å². The molecule has 3 amide bonds. The van der Waals surface area contributed by atoms with Crippen molar-refractivity contribution in [2.45, 2.75) is 52.0 Å². The van der Waals surface area contributed by atoms with Gasteiger partial charge in [-0.15, -0.1) is 0 Å². The molecule has 0 radical (unpaired) electrons. The third-order valence-corrected chi connectivity index (χ3v) is 8.80. The number of hydrogen-bond donors (Lipinski definition) is 2. The Morgan fingerprint density at radius 2 is 2.03 bits per heavy atom. The third-order valence-electron chi connectivity index (χ3n) is 8.57. The highest BCUT2D eigenvalue weighted by Gasteiger charge is 2.57. The fourth-order valence-electron chi connectivity index (χ4n) is 6.48. The van der Waals surface area contributed by atoms with Crippen LogP contribution in [0.25, 0.3) is 10.9 Å². The van der Waals surface area contributed by atoms with Crippen LogP contribution in [0.3, 0.4) is 0 Å². The van der Waals surface area contributed by atoms with Gasteiger partial charge in [0.25, 0.3) is 0 Å². The lowest BCUT2D eigenvalue weighted by molar-refractivity contribution is -0.164. The van der Waals surface area contributed by atoms with Crippen LogP contribution in [0, 0.1) is 11.8 Å². The van der Waals surface area contributed by atoms with Crippen molar-refractivity contribution >= 4 is 40.2 Å². The van der Waals surface area contributed by atoms with Crippen LogP contribution in [-0.2, 0) is 32.8 Å². The molecular weight excluding hydrogens is 514 g/mol. The van der Waals surface area contributed by atoms with Crippen molar-refractivity contribution in [1.29, 1.82) is 0 Å². The Balaban J connectivity index is 1.43. The summed E-state index contributed by atoms with van der Waals surface area (Å²) < 4.78 is 0. The summed E-state index contributed by atoms with van der Waals surface area (Å²) in [7, 11) is 0. The topological polar surface area (TPSA) is 98.4 Å². The molecule has 1 fully saturated rings. The zero-order chi connectivity index (χ0) is 27.7. The van der Waals surface area contributed by atoms with Gasteiger partial charge in [-0.3, -0.25) is 19.4 Å². The van der Waals surface area contributed by atoms with Crippen molar-refractivity contribution < 1.29 is 14.4 Å². The predicted octanol–water partition coefficient (Wildman–Crippen LogP) is 4.07. The standard InChI is InChI=1S/C30H36ClN5O3/c1-4-35(5-2)29(39)24-16-19(17-26(37)33-14-11-21-8-6-7-13-32-21)28(38)36-15-12-22-23-18-20(31)9-10-25(23)34-27(22)30(24,36)3/h6-10,13,18-19,24,34H,4-5,11-12,14-17H2,1-3H3,(H,33,37)/t19-,24-,30+/m1/s1. The molecule has 0 unspecified atom stereocenters. The molecule has 0 aliphatic carbocycles. The van der Waals surface area contributed by atoms with E-state index in [2.05, 4.69) is 15.3 Å². The average Bonchev–Trinajstić information content (AvgIpc) is 3.30. The number of carbonyl (C=O) groups excluding carboxylic acids is 3. The molecule has 0 bridgehead atoms. The van der Waals surface area contributed by atoms with Crippen molar-refractivity contribution in [3.8, 4) is 0 Å². The van der Waals surface area contributed by atoms with Crippen LogP contribution in [0.1, 0.15) is 50.6 Å². The Hall–Kier alpha value is -3.39. The monoisotopic (exact) mass is 549 g/mol. The van der Waals surface area contributed by atoms with E-state index >= 15 is 0 Å². The van der Waals surface area contributed by atoms with Crippen molar-refractivity contribution in [2.24, 2.45) is 11.8 Å². The number of piperidine rings is 1. The molecule has 0 spiro atoms. The molecule has 2 N–H and O–H groups in total. The summed E-state index contributed by atoms with van der Waals surface area (Å²) in [6.45, 7) is 8.06. The first kappa shape index (κ1) is 27.2. The van der Waals surface area contributed by atoms with E-state index in [1.807, 2.05) is 67.0 Å². The van der Waals surface area contributed by atoms with Gasteiger partial charge in [-0.2, -0.15) is 0 Å². The van der Waals surface area contributed by atoms with E-state index in [9.17, 15) is 14.4 Å². The van der Waals surface area contributed by atoms with E-state index in [0.29, 0.717) is 50.5 Å². The number of fused-ring (bicyclic) bond motifs is 5. The SMILES string of the molecule is CCN(CC)C(=O)[C@H]1C[C@H](CC(=O)NCCc2ccccn2)C(=O)N2CCc3c([nH]c4ccc(Cl)cc34)[C@]12C. The smallest absolute Gasteiger partial charge is 0.228 e. The number of carbonyl (C=O) groups is 3. The van der Waals surface area contributed by atoms with Crippen LogP contribution in [0.5, 0.6) is 0 Å². The Kier molecular flexibility index (Phi) is 7.67. The van der Waals surface area contributed by atoms with E-state index in [4.69, 9.17) is 11.6 Å². The van der Waals surface area contributed by atoms with Crippen molar-refractivity contribution in [3.05, 3.63) is 64.6 Å². The third kappa shape index (κ3) is 4.91. The minimum Gasteiger partial charge on any atom is -0.356 e. The largest absolute Gasteiger partial charge is 0.356 e. The molecule has 2 aliphatic rings. The van der Waals surface area contributed by atoms with E-state index in [1.54, 1.807) is 6.20 Å². The molecule has 5 rings (SSSR count). The fraction of sp³-hybridized carbons (Fsp3) is 0.467. The van der Waals surface area contributed by atoms with E-state index in [0.717, 1.165) is 27.9 Å². The van der Waals surface area contributed by atoms with Gasteiger partial charge in [-0.25, -0.2) is 0 Å². The van der Waals surface area contributed by atoms with Crippen LogP contribution in [0.2, 0.25) is 5.02 Å². The van der Waals surface area contributed by atoms with Crippen LogP contribution in [0.4, 0.5) is 0 Å². The zero-order valence-corrected chi connectivity index (χ0v) is 23.6. The highest BCUT2D eigenvalue weighted by molar-refractivity contribution is 6.31. The summed E-state index contributed by atoms with van der Waals surface area (Å²) in [6.07, 6.45) is 3.39. The Morgan fingerprint density at radius 3 is 2.74 bits per heavy atom. The summed E-state index contributed by atoms with van der Waals surface area (Å²) in [5.41, 5.74) is 3.02. The molecule has 1 aromatic carbocycles. The lowest BCUT2D eigenvalue weighted by atomic mass is 9.67. The van der Waals surface area contributed by atoms with Crippen LogP contribution < -0.4 is 5.32 Å². The number of aromatic nitrogens is 2. The fourth-order valence-corrected chi connectivity index (χ4v) is 6.65. The molecule has 3 atom stereocenters. The Bertz CT molecular complexity index is 1390. The van der Waals surface area contributed by atoms with Crippen LogP contribution >= 0.6 is 11.6 Å². The highest BCUT2D eigenvalue weighted by Crippen LogP contribution is 2.50. The number of amides is 3. The molecule has 39 heavy (non-hydrogen) atoms. The summed E-state index contributed by atoms with van der Waals surface area (Å²) in [5.74, 6) is -1.27. The Morgan fingerprint density at radius 1 is 1.23 bits per heavy atom. The normalized spacial score (nSPS) is 22.4. The summed E-state index contributed by atoms with van der Waals surface area (Å²) in [5, 5.41) is 4.64. The second kappa shape index (κ2) is 11.0. The maximum absolute atomic E-state index is 14.0. The van der Waals surface area contributed by atoms with Crippen molar-refractivity contribution in [3.63, 3.8) is 0 Å². The Labute approximate surface area is 234 Å². The van der Waals surface area contributed by atoms with E-state index in [1.165, 1.54) is 0 Å². The number of hydrogen-bond acceptors (Lipinski definition) is 4. The summed E-state index contributed by atoms with van der Waals surface area (Å²) >= 11 is 6.33. The lowest BCUT2D eigenvalue weighted by Gasteiger charge is -2.54. The minimum absolute atomic E-state index is 0.0186. The van der Waals surface area contributed by atoms with Gasteiger partial charge in [0.15, 0.2) is 0 Å². The van der Waals surface area contributed by atoms with Gasteiger partial charge in [-0.05, 0) is 69.5 Å². The number of H-pyrrole nitrogens is 1. The van der Waals surface area contributed by atoms with Gasteiger partial charge in [0.05, 0.1) is 11.5 Å². The number of rotatable bonds is 8. The first-order chi connectivity index (χ1) is 18.8. The second-order valence-corrected chi connectivity index (χ2v) is 11.1. The second-order valence-electron chi connectivity index (χ2n) is 10.7. The predicted molar refractivity (Wildman–Crippen MR) is 151 cm³/mol. The van der Waals surface area contributed by atoms with Gasteiger partial charge in [0.1, 0.15) is 0 Å². The molecule has 2 aromatic heterocycles. The quantitative estimate of drug-likeness (QED) is 0.442. The first-order valence-corrected chi connectivity index (χ1v) is 14.2. The van der Waals surface area contributed by atoms with Gasteiger partial charge < -0.3 is 20.1 Å². The molecule has 1 saturated heterocycles. The maximum atomic E-state index is 14.0. The number of halogens is 1. The van der Waals surface area contributed by atoms with Crippen molar-refractivity contribution in [2.75, 3.05) is 26.2 Å². The van der Waals surface area contributed by atoms with Gasteiger partial charge in [0, 0.05) is 78.4 Å². The number of pyridine rings is 1. The summed E-state index contributed by atoms with van der Waals surface area (Å²) in [6, 6.07) is 11.4. The highest BCUT2D eigenvalue weighted by atomic mass is 35.5.